The predicted octanol–water partition coefficient (Wildman–Crippen LogP) is -1.81. The molecule has 0 spiro atoms. The second-order valence-corrected chi connectivity index (χ2v) is 2.23. The van der Waals surface area contributed by atoms with Crippen molar-refractivity contribution in [2.45, 2.75) is 6.73 Å². The second-order valence-electron chi connectivity index (χ2n) is 2.23. The highest BCUT2D eigenvalue weighted by atomic mass is 16.5. The number of aromatic nitrogens is 3. The number of aliphatic hydroxyl groups is 1. The maximum Gasteiger partial charge on any atom is 0.353 e. The molecule has 7 heteroatoms. The first-order valence-corrected chi connectivity index (χ1v) is 3.61. The molecule has 0 radical (unpaired) electrons. The van der Waals surface area contributed by atoms with Crippen molar-refractivity contribution in [1.29, 1.82) is 0 Å². The SMILES string of the molecule is Nc1ncn(COCCO)c(=O)n1. The molecular weight excluding hydrogens is 176 g/mol. The van der Waals surface area contributed by atoms with Crippen molar-refractivity contribution in [1.82, 2.24) is 14.5 Å². The van der Waals surface area contributed by atoms with Crippen LogP contribution in [0.1, 0.15) is 0 Å². The molecule has 0 bridgehead atoms. The van der Waals surface area contributed by atoms with Gasteiger partial charge in [0.2, 0.25) is 5.95 Å². The van der Waals surface area contributed by atoms with E-state index in [0.717, 1.165) is 4.57 Å². The van der Waals surface area contributed by atoms with E-state index in [1.807, 2.05) is 0 Å². The first-order chi connectivity index (χ1) is 6.24. The Hall–Kier alpha value is -1.47. The minimum Gasteiger partial charge on any atom is -0.394 e. The fraction of sp³-hybridized carbons (Fsp3) is 0.500. The van der Waals surface area contributed by atoms with Crippen LogP contribution in [0.3, 0.4) is 0 Å². The minimum atomic E-state index is -0.523. The van der Waals surface area contributed by atoms with Gasteiger partial charge in [0.1, 0.15) is 13.1 Å². The zero-order valence-electron chi connectivity index (χ0n) is 6.88. The van der Waals surface area contributed by atoms with Crippen molar-refractivity contribution >= 4 is 5.95 Å². The van der Waals surface area contributed by atoms with Crippen LogP contribution >= 0.6 is 0 Å². The van der Waals surface area contributed by atoms with Crippen LogP contribution in [0.15, 0.2) is 11.1 Å². The third-order valence-electron chi connectivity index (χ3n) is 1.25. The number of anilines is 1. The number of hydrogen-bond donors (Lipinski definition) is 2. The Balaban J connectivity index is 2.62. The lowest BCUT2D eigenvalue weighted by atomic mass is 10.8. The van der Waals surface area contributed by atoms with Gasteiger partial charge in [-0.2, -0.15) is 4.98 Å². The molecule has 0 aromatic carbocycles. The smallest absolute Gasteiger partial charge is 0.353 e. The van der Waals surface area contributed by atoms with E-state index in [-0.39, 0.29) is 25.9 Å². The normalized spacial score (nSPS) is 10.2. The molecule has 0 saturated carbocycles. The van der Waals surface area contributed by atoms with E-state index in [1.54, 1.807) is 0 Å². The lowest BCUT2D eigenvalue weighted by Crippen LogP contribution is -2.25. The van der Waals surface area contributed by atoms with Crippen molar-refractivity contribution in [3.05, 3.63) is 16.8 Å². The van der Waals surface area contributed by atoms with Crippen molar-refractivity contribution < 1.29 is 9.84 Å². The van der Waals surface area contributed by atoms with E-state index in [9.17, 15) is 4.79 Å². The van der Waals surface area contributed by atoms with Gasteiger partial charge in [-0.25, -0.2) is 9.78 Å². The molecule has 1 aromatic heterocycles. The summed E-state index contributed by atoms with van der Waals surface area (Å²) < 4.78 is 6.03. The van der Waals surface area contributed by atoms with Crippen LogP contribution in [0.2, 0.25) is 0 Å². The number of hydrogen-bond acceptors (Lipinski definition) is 6. The lowest BCUT2D eigenvalue weighted by molar-refractivity contribution is 0.0452. The Labute approximate surface area is 73.8 Å². The average molecular weight is 186 g/mol. The maximum atomic E-state index is 11.0. The van der Waals surface area contributed by atoms with Crippen LogP contribution in [0.25, 0.3) is 0 Å². The van der Waals surface area contributed by atoms with E-state index < -0.39 is 5.69 Å². The van der Waals surface area contributed by atoms with Gasteiger partial charge >= 0.3 is 5.69 Å². The Morgan fingerprint density at radius 3 is 3.08 bits per heavy atom. The molecule has 0 aliphatic carbocycles. The summed E-state index contributed by atoms with van der Waals surface area (Å²) in [5, 5.41) is 8.39. The summed E-state index contributed by atoms with van der Waals surface area (Å²) in [5.74, 6) is -0.0663. The zero-order valence-corrected chi connectivity index (χ0v) is 6.88. The topological polar surface area (TPSA) is 103 Å². The Morgan fingerprint density at radius 1 is 1.69 bits per heavy atom. The van der Waals surface area contributed by atoms with Gasteiger partial charge in [0.15, 0.2) is 0 Å². The number of rotatable bonds is 4. The molecule has 1 aromatic rings. The highest BCUT2D eigenvalue weighted by Crippen LogP contribution is 1.83. The molecular formula is C6H10N4O3. The molecule has 0 aliphatic rings. The van der Waals surface area contributed by atoms with Crippen LogP contribution in [-0.4, -0.2) is 32.9 Å². The molecule has 1 rings (SSSR count). The standard InChI is InChI=1S/C6H10N4O3/c7-5-8-3-10(6(12)9-5)4-13-2-1-11/h3,11H,1-2,4H2,(H2,7,9,12). The van der Waals surface area contributed by atoms with E-state index in [1.165, 1.54) is 6.33 Å². The Morgan fingerprint density at radius 2 is 2.46 bits per heavy atom. The maximum absolute atomic E-state index is 11.0. The quantitative estimate of drug-likeness (QED) is 0.537. The number of ether oxygens (including phenoxy) is 1. The fourth-order valence-corrected chi connectivity index (χ4v) is 0.685. The molecule has 3 N–H and O–H groups in total. The molecule has 0 unspecified atom stereocenters. The minimum absolute atomic E-state index is 0.0136. The van der Waals surface area contributed by atoms with Gasteiger partial charge in [-0.15, -0.1) is 0 Å². The first-order valence-electron chi connectivity index (χ1n) is 3.61. The van der Waals surface area contributed by atoms with Crippen LogP contribution < -0.4 is 11.4 Å². The third-order valence-corrected chi connectivity index (χ3v) is 1.25. The first kappa shape index (κ1) is 9.62. The highest BCUT2D eigenvalue weighted by Gasteiger charge is 1.97. The van der Waals surface area contributed by atoms with Crippen LogP contribution in [0.5, 0.6) is 0 Å². The molecule has 72 valence electrons. The third kappa shape index (κ3) is 2.80. The van der Waals surface area contributed by atoms with Crippen molar-refractivity contribution in [3.8, 4) is 0 Å². The summed E-state index contributed by atoms with van der Waals surface area (Å²) in [7, 11) is 0. The number of nitrogen functional groups attached to an aromatic ring is 1. The van der Waals surface area contributed by atoms with E-state index in [4.69, 9.17) is 15.6 Å². The van der Waals surface area contributed by atoms with E-state index in [0.29, 0.717) is 0 Å². The number of aliphatic hydroxyl groups excluding tert-OH is 1. The summed E-state index contributed by atoms with van der Waals surface area (Å²) in [6.45, 7) is 0.0844. The molecule has 0 saturated heterocycles. The highest BCUT2D eigenvalue weighted by molar-refractivity contribution is 5.09. The fourth-order valence-electron chi connectivity index (χ4n) is 0.685. The van der Waals surface area contributed by atoms with Gasteiger partial charge in [0.25, 0.3) is 0 Å². The molecule has 0 fully saturated rings. The van der Waals surface area contributed by atoms with E-state index in [2.05, 4.69) is 9.97 Å². The van der Waals surface area contributed by atoms with Crippen molar-refractivity contribution in [2.24, 2.45) is 0 Å². The largest absolute Gasteiger partial charge is 0.394 e. The summed E-state index contributed by atoms with van der Waals surface area (Å²) in [6.07, 6.45) is 1.24. The average Bonchev–Trinajstić information content (AvgIpc) is 2.09. The van der Waals surface area contributed by atoms with Crippen molar-refractivity contribution in [2.75, 3.05) is 18.9 Å². The Bertz CT molecular complexity index is 324. The summed E-state index contributed by atoms with van der Waals surface area (Å²) in [6, 6.07) is 0. The van der Waals surface area contributed by atoms with Gasteiger partial charge in [-0.3, -0.25) is 4.57 Å². The molecule has 13 heavy (non-hydrogen) atoms. The molecule has 0 aliphatic heterocycles. The lowest BCUT2D eigenvalue weighted by Gasteiger charge is -2.03. The van der Waals surface area contributed by atoms with Crippen LogP contribution in [-0.2, 0) is 11.5 Å². The van der Waals surface area contributed by atoms with Gasteiger partial charge in [-0.1, -0.05) is 0 Å². The van der Waals surface area contributed by atoms with Gasteiger partial charge in [0.05, 0.1) is 13.2 Å². The molecule has 0 atom stereocenters. The summed E-state index contributed by atoms with van der Waals surface area (Å²) in [5.41, 5.74) is 4.64. The van der Waals surface area contributed by atoms with Crippen LogP contribution in [0.4, 0.5) is 5.95 Å². The monoisotopic (exact) mass is 186 g/mol. The summed E-state index contributed by atoms with van der Waals surface area (Å²) in [4.78, 5) is 18.0. The van der Waals surface area contributed by atoms with Gasteiger partial charge < -0.3 is 15.6 Å². The van der Waals surface area contributed by atoms with Gasteiger partial charge in [-0.05, 0) is 0 Å². The molecule has 1 heterocycles. The van der Waals surface area contributed by atoms with Gasteiger partial charge in [0, 0.05) is 0 Å². The Kier molecular flexibility index (Phi) is 3.35. The predicted molar refractivity (Wildman–Crippen MR) is 43.7 cm³/mol. The van der Waals surface area contributed by atoms with Crippen LogP contribution in [0, 0.1) is 0 Å². The molecule has 0 amide bonds. The van der Waals surface area contributed by atoms with E-state index >= 15 is 0 Å². The number of nitrogens with zero attached hydrogens (tertiary/aromatic N) is 3. The van der Waals surface area contributed by atoms with Crippen molar-refractivity contribution in [3.63, 3.8) is 0 Å². The molecule has 7 nitrogen and oxygen atoms in total. The summed E-state index contributed by atoms with van der Waals surface area (Å²) >= 11 is 0. The zero-order chi connectivity index (χ0) is 9.68. The second kappa shape index (κ2) is 4.53. The number of nitrogens with two attached hydrogens (primary N) is 1.